The second-order valence-electron chi connectivity index (χ2n) is 4.89. The molecule has 3 N–H and O–H groups in total. The zero-order valence-electron chi connectivity index (χ0n) is 10.9. The fourth-order valence-electron chi connectivity index (χ4n) is 1.63. The highest BCUT2D eigenvalue weighted by atomic mass is 16.4. The van der Waals surface area contributed by atoms with Crippen molar-refractivity contribution in [3.8, 4) is 0 Å². The lowest BCUT2D eigenvalue weighted by Gasteiger charge is -2.28. The van der Waals surface area contributed by atoms with Crippen molar-refractivity contribution in [3.63, 3.8) is 0 Å². The first kappa shape index (κ1) is 14.7. The summed E-state index contributed by atoms with van der Waals surface area (Å²) in [5, 5.41) is 21.6. The van der Waals surface area contributed by atoms with Gasteiger partial charge in [-0.05, 0) is 12.0 Å². The Kier molecular flexibility index (Phi) is 5.31. The molecule has 0 aliphatic heterocycles. The Hall–Kier alpha value is -1.39. The van der Waals surface area contributed by atoms with E-state index in [-0.39, 0.29) is 12.0 Å². The number of carbonyl (C=O) groups is 1. The third kappa shape index (κ3) is 3.82. The Morgan fingerprint density at radius 1 is 1.39 bits per heavy atom. The van der Waals surface area contributed by atoms with Crippen LogP contribution in [0, 0.1) is 5.41 Å². The van der Waals surface area contributed by atoms with Crippen molar-refractivity contribution in [1.82, 2.24) is 5.32 Å². The molecule has 0 aromatic heterocycles. The van der Waals surface area contributed by atoms with Crippen molar-refractivity contribution in [2.24, 2.45) is 5.41 Å². The minimum atomic E-state index is -0.905. The summed E-state index contributed by atoms with van der Waals surface area (Å²) in [7, 11) is 0. The van der Waals surface area contributed by atoms with E-state index in [0.29, 0.717) is 6.54 Å². The van der Waals surface area contributed by atoms with Crippen LogP contribution in [0.25, 0.3) is 0 Å². The Morgan fingerprint density at radius 2 is 2.00 bits per heavy atom. The minimum absolute atomic E-state index is 0.0393. The van der Waals surface area contributed by atoms with E-state index in [4.69, 9.17) is 0 Å². The number of carboxylic acid groups (broad SMARTS) is 1. The molecule has 1 aromatic rings. The number of carboxylic acids is 1. The van der Waals surface area contributed by atoms with E-state index in [1.807, 2.05) is 32.0 Å². The summed E-state index contributed by atoms with van der Waals surface area (Å²) >= 11 is 0. The average Bonchev–Trinajstić information content (AvgIpc) is 2.39. The smallest absolute Gasteiger partial charge is 0.325 e. The van der Waals surface area contributed by atoms with Crippen LogP contribution in [0.3, 0.4) is 0 Å². The van der Waals surface area contributed by atoms with Crippen molar-refractivity contribution in [2.45, 2.75) is 26.3 Å². The fourth-order valence-corrected chi connectivity index (χ4v) is 1.63. The minimum Gasteiger partial charge on any atom is -0.480 e. The van der Waals surface area contributed by atoms with Crippen LogP contribution in [0.4, 0.5) is 0 Å². The molecule has 0 heterocycles. The highest BCUT2D eigenvalue weighted by molar-refractivity contribution is 5.75. The van der Waals surface area contributed by atoms with E-state index in [0.717, 1.165) is 12.0 Å². The molecule has 2 atom stereocenters. The summed E-state index contributed by atoms with van der Waals surface area (Å²) in [6.45, 7) is 4.42. The van der Waals surface area contributed by atoms with Crippen LogP contribution >= 0.6 is 0 Å². The van der Waals surface area contributed by atoms with Crippen molar-refractivity contribution >= 4 is 5.97 Å². The number of nitrogens with one attached hydrogen (secondary N) is 1. The third-order valence-electron chi connectivity index (χ3n) is 3.35. The van der Waals surface area contributed by atoms with Gasteiger partial charge in [0.1, 0.15) is 6.04 Å². The number of hydrogen-bond acceptors (Lipinski definition) is 3. The molecule has 0 bridgehead atoms. The van der Waals surface area contributed by atoms with Crippen LogP contribution in [-0.2, 0) is 4.79 Å². The summed E-state index contributed by atoms with van der Waals surface area (Å²) in [4.78, 5) is 11.3. The molecule has 4 heteroatoms. The molecule has 0 aliphatic rings. The van der Waals surface area contributed by atoms with Crippen LogP contribution in [0.15, 0.2) is 30.3 Å². The Morgan fingerprint density at radius 3 is 2.44 bits per heavy atom. The number of aliphatic hydroxyl groups excluding tert-OH is 1. The lowest BCUT2D eigenvalue weighted by Crippen LogP contribution is -2.39. The molecule has 0 radical (unpaired) electrons. The first-order valence-corrected chi connectivity index (χ1v) is 6.14. The van der Waals surface area contributed by atoms with Crippen LogP contribution < -0.4 is 5.32 Å². The van der Waals surface area contributed by atoms with E-state index in [1.54, 1.807) is 12.1 Å². The summed E-state index contributed by atoms with van der Waals surface area (Å²) in [5.74, 6) is -0.905. The molecular formula is C14H21NO3. The van der Waals surface area contributed by atoms with Gasteiger partial charge in [-0.3, -0.25) is 4.79 Å². The quantitative estimate of drug-likeness (QED) is 0.691. The average molecular weight is 251 g/mol. The number of rotatable bonds is 7. The number of benzene rings is 1. The summed E-state index contributed by atoms with van der Waals surface area (Å²) in [6.07, 6.45) is 0.789. The van der Waals surface area contributed by atoms with E-state index < -0.39 is 12.0 Å². The zero-order valence-corrected chi connectivity index (χ0v) is 10.9. The van der Waals surface area contributed by atoms with Gasteiger partial charge in [0, 0.05) is 18.6 Å². The van der Waals surface area contributed by atoms with Gasteiger partial charge >= 0.3 is 5.97 Å². The van der Waals surface area contributed by atoms with Gasteiger partial charge in [-0.25, -0.2) is 0 Å². The SMILES string of the molecule is CCC(C)(CO)CNC(C(=O)O)c1ccccc1. The molecule has 0 saturated heterocycles. The van der Waals surface area contributed by atoms with Gasteiger partial charge in [-0.15, -0.1) is 0 Å². The molecule has 0 spiro atoms. The number of hydrogen-bond donors (Lipinski definition) is 3. The van der Waals surface area contributed by atoms with Crippen LogP contribution in [0.5, 0.6) is 0 Å². The zero-order chi connectivity index (χ0) is 13.6. The van der Waals surface area contributed by atoms with Gasteiger partial charge in [0.25, 0.3) is 0 Å². The van der Waals surface area contributed by atoms with E-state index >= 15 is 0 Å². The lowest BCUT2D eigenvalue weighted by molar-refractivity contribution is -0.139. The van der Waals surface area contributed by atoms with Gasteiger partial charge in [0.05, 0.1) is 0 Å². The van der Waals surface area contributed by atoms with E-state index in [2.05, 4.69) is 5.32 Å². The monoisotopic (exact) mass is 251 g/mol. The maximum Gasteiger partial charge on any atom is 0.325 e. The van der Waals surface area contributed by atoms with Gasteiger partial charge in [0.2, 0.25) is 0 Å². The predicted octanol–water partition coefficient (Wildman–Crippen LogP) is 1.81. The maximum atomic E-state index is 11.3. The molecule has 1 aromatic carbocycles. The largest absolute Gasteiger partial charge is 0.480 e. The topological polar surface area (TPSA) is 69.6 Å². The molecule has 18 heavy (non-hydrogen) atoms. The molecule has 0 aliphatic carbocycles. The number of aliphatic hydroxyl groups is 1. The van der Waals surface area contributed by atoms with Gasteiger partial charge < -0.3 is 15.5 Å². The summed E-state index contributed by atoms with van der Waals surface area (Å²) in [5.41, 5.74) is 0.434. The van der Waals surface area contributed by atoms with Gasteiger partial charge in [-0.2, -0.15) is 0 Å². The van der Waals surface area contributed by atoms with E-state index in [9.17, 15) is 15.0 Å². The first-order chi connectivity index (χ1) is 8.52. The molecule has 2 unspecified atom stereocenters. The second-order valence-corrected chi connectivity index (χ2v) is 4.89. The summed E-state index contributed by atoms with van der Waals surface area (Å²) in [6, 6.07) is 8.33. The first-order valence-electron chi connectivity index (χ1n) is 6.14. The molecule has 4 nitrogen and oxygen atoms in total. The van der Waals surface area contributed by atoms with Crippen LogP contribution in [-0.4, -0.2) is 29.3 Å². The number of aliphatic carboxylic acids is 1. The highest BCUT2D eigenvalue weighted by Crippen LogP contribution is 2.21. The van der Waals surface area contributed by atoms with E-state index in [1.165, 1.54) is 0 Å². The summed E-state index contributed by atoms with van der Waals surface area (Å²) < 4.78 is 0. The van der Waals surface area contributed by atoms with Crippen molar-refractivity contribution < 1.29 is 15.0 Å². The second kappa shape index (κ2) is 6.52. The van der Waals surface area contributed by atoms with Crippen molar-refractivity contribution in [2.75, 3.05) is 13.2 Å². The molecule has 100 valence electrons. The molecule has 0 amide bonds. The highest BCUT2D eigenvalue weighted by Gasteiger charge is 2.25. The molecule has 0 fully saturated rings. The van der Waals surface area contributed by atoms with Gasteiger partial charge in [0.15, 0.2) is 0 Å². The molecule has 0 saturated carbocycles. The van der Waals surface area contributed by atoms with Crippen LogP contribution in [0.2, 0.25) is 0 Å². The Bertz CT molecular complexity index is 374. The normalized spacial score (nSPS) is 15.9. The van der Waals surface area contributed by atoms with Crippen LogP contribution in [0.1, 0.15) is 31.9 Å². The predicted molar refractivity (Wildman–Crippen MR) is 70.3 cm³/mol. The maximum absolute atomic E-state index is 11.3. The standard InChI is InChI=1S/C14H21NO3/c1-3-14(2,10-16)9-15-12(13(17)18)11-7-5-4-6-8-11/h4-8,12,15-16H,3,9-10H2,1-2H3,(H,17,18). The third-order valence-corrected chi connectivity index (χ3v) is 3.35. The molecular weight excluding hydrogens is 230 g/mol. The van der Waals surface area contributed by atoms with Crippen molar-refractivity contribution in [3.05, 3.63) is 35.9 Å². The Balaban J connectivity index is 2.74. The van der Waals surface area contributed by atoms with Gasteiger partial charge in [-0.1, -0.05) is 44.2 Å². The van der Waals surface area contributed by atoms with Crippen molar-refractivity contribution in [1.29, 1.82) is 0 Å². The fraction of sp³-hybridized carbons (Fsp3) is 0.500. The Labute approximate surface area is 108 Å². The molecule has 1 rings (SSSR count). The lowest BCUT2D eigenvalue weighted by atomic mass is 9.88.